The summed E-state index contributed by atoms with van der Waals surface area (Å²) in [5, 5.41) is 0. The highest BCUT2D eigenvalue weighted by atomic mass is 16.1. The quantitative estimate of drug-likeness (QED) is 0.924. The average Bonchev–Trinajstić information content (AvgIpc) is 2.49. The number of H-pyrrole nitrogens is 1. The Bertz CT molecular complexity index is 773. The lowest BCUT2D eigenvalue weighted by Crippen LogP contribution is -2.37. The number of aromatic nitrogens is 3. The maximum absolute atomic E-state index is 12.5. The van der Waals surface area contributed by atoms with Gasteiger partial charge in [0.05, 0.1) is 11.3 Å². The predicted molar refractivity (Wildman–Crippen MR) is 90.3 cm³/mol. The van der Waals surface area contributed by atoms with E-state index in [4.69, 9.17) is 4.98 Å². The van der Waals surface area contributed by atoms with E-state index in [1.54, 1.807) is 0 Å². The zero-order chi connectivity index (χ0) is 16.6. The Morgan fingerprint density at radius 1 is 1.35 bits per heavy atom. The van der Waals surface area contributed by atoms with Gasteiger partial charge < -0.3 is 4.98 Å². The van der Waals surface area contributed by atoms with Gasteiger partial charge in [-0.15, -0.1) is 0 Å². The van der Waals surface area contributed by atoms with E-state index in [9.17, 15) is 4.79 Å². The minimum Gasteiger partial charge on any atom is -0.310 e. The van der Waals surface area contributed by atoms with E-state index < -0.39 is 0 Å². The molecule has 1 aliphatic heterocycles. The average molecular weight is 312 g/mol. The van der Waals surface area contributed by atoms with Gasteiger partial charge in [0.2, 0.25) is 0 Å². The summed E-state index contributed by atoms with van der Waals surface area (Å²) in [5.41, 5.74) is 4.08. The first-order chi connectivity index (χ1) is 10.8. The molecule has 122 valence electrons. The molecule has 0 amide bonds. The fourth-order valence-corrected chi connectivity index (χ4v) is 2.87. The van der Waals surface area contributed by atoms with Crippen molar-refractivity contribution in [2.24, 2.45) is 0 Å². The Morgan fingerprint density at radius 3 is 2.83 bits per heavy atom. The van der Waals surface area contributed by atoms with Gasteiger partial charge in [-0.1, -0.05) is 20.8 Å². The molecule has 0 aromatic carbocycles. The van der Waals surface area contributed by atoms with Gasteiger partial charge in [-0.3, -0.25) is 14.7 Å². The smallest absolute Gasteiger partial charge is 0.255 e. The second-order valence-electron chi connectivity index (χ2n) is 7.35. The minimum absolute atomic E-state index is 0.00698. The fourth-order valence-electron chi connectivity index (χ4n) is 2.87. The van der Waals surface area contributed by atoms with Crippen LogP contribution in [-0.2, 0) is 24.9 Å². The summed E-state index contributed by atoms with van der Waals surface area (Å²) < 4.78 is 0. The van der Waals surface area contributed by atoms with Crippen LogP contribution in [0, 0.1) is 6.92 Å². The number of aromatic amines is 1. The van der Waals surface area contributed by atoms with E-state index in [-0.39, 0.29) is 11.0 Å². The van der Waals surface area contributed by atoms with Crippen LogP contribution in [0.4, 0.5) is 0 Å². The Kier molecular flexibility index (Phi) is 4.06. The molecule has 0 bridgehead atoms. The second kappa shape index (κ2) is 5.89. The van der Waals surface area contributed by atoms with Crippen molar-refractivity contribution >= 4 is 0 Å². The molecule has 2 aromatic heterocycles. The summed E-state index contributed by atoms with van der Waals surface area (Å²) in [5.74, 6) is 0.776. The van der Waals surface area contributed by atoms with E-state index in [2.05, 4.69) is 42.6 Å². The summed E-state index contributed by atoms with van der Waals surface area (Å²) in [6.45, 7) is 10.7. The van der Waals surface area contributed by atoms with Crippen molar-refractivity contribution in [1.82, 2.24) is 19.9 Å². The molecule has 0 unspecified atom stereocenters. The number of rotatable bonds is 2. The van der Waals surface area contributed by atoms with Gasteiger partial charge in [-0.05, 0) is 24.1 Å². The van der Waals surface area contributed by atoms with Crippen LogP contribution < -0.4 is 5.56 Å². The normalized spacial score (nSPS) is 15.5. The zero-order valence-electron chi connectivity index (χ0n) is 14.3. The van der Waals surface area contributed by atoms with Gasteiger partial charge in [0.15, 0.2) is 0 Å². The van der Waals surface area contributed by atoms with Crippen LogP contribution in [0.25, 0.3) is 0 Å². The number of aryl methyl sites for hydroxylation is 1. The molecule has 0 saturated carbocycles. The minimum atomic E-state index is -0.141. The first kappa shape index (κ1) is 15.9. The number of nitrogens with one attached hydrogen (secondary N) is 1. The number of hydrogen-bond acceptors (Lipinski definition) is 4. The van der Waals surface area contributed by atoms with E-state index in [0.29, 0.717) is 6.54 Å². The van der Waals surface area contributed by atoms with Crippen LogP contribution in [-0.4, -0.2) is 26.4 Å². The van der Waals surface area contributed by atoms with Gasteiger partial charge in [0, 0.05) is 43.9 Å². The van der Waals surface area contributed by atoms with Crippen LogP contribution in [0.5, 0.6) is 0 Å². The summed E-state index contributed by atoms with van der Waals surface area (Å²) in [4.78, 5) is 26.6. The van der Waals surface area contributed by atoms with Crippen molar-refractivity contribution in [2.45, 2.75) is 52.6 Å². The number of hydrogen-bond donors (Lipinski definition) is 1. The molecule has 3 heterocycles. The van der Waals surface area contributed by atoms with Gasteiger partial charge in [0.1, 0.15) is 5.82 Å². The molecule has 5 heteroatoms. The SMILES string of the molecule is Cc1ccncc1CN1CCc2nc(C(C)(C)C)[nH]c(=O)c2C1. The summed E-state index contributed by atoms with van der Waals surface area (Å²) >= 11 is 0. The molecule has 0 aliphatic carbocycles. The van der Waals surface area contributed by atoms with Crippen molar-refractivity contribution in [2.75, 3.05) is 6.54 Å². The summed E-state index contributed by atoms with van der Waals surface area (Å²) in [6, 6.07) is 2.02. The Morgan fingerprint density at radius 2 is 2.13 bits per heavy atom. The number of fused-ring (bicyclic) bond motifs is 1. The van der Waals surface area contributed by atoms with E-state index in [0.717, 1.165) is 36.6 Å². The van der Waals surface area contributed by atoms with Crippen LogP contribution in [0.1, 0.15) is 49.0 Å². The molecule has 1 aliphatic rings. The van der Waals surface area contributed by atoms with Crippen molar-refractivity contribution in [3.63, 3.8) is 0 Å². The number of pyridine rings is 1. The lowest BCUT2D eigenvalue weighted by atomic mass is 9.95. The van der Waals surface area contributed by atoms with E-state index >= 15 is 0 Å². The predicted octanol–water partition coefficient (Wildman–Crippen LogP) is 2.33. The van der Waals surface area contributed by atoms with E-state index in [1.165, 1.54) is 11.1 Å². The topological polar surface area (TPSA) is 61.9 Å². The summed E-state index contributed by atoms with van der Waals surface area (Å²) in [6.07, 6.45) is 4.55. The number of nitrogens with zero attached hydrogens (tertiary/aromatic N) is 3. The molecule has 3 rings (SSSR count). The second-order valence-corrected chi connectivity index (χ2v) is 7.35. The van der Waals surface area contributed by atoms with Gasteiger partial charge in [-0.25, -0.2) is 4.98 Å². The third-order valence-electron chi connectivity index (χ3n) is 4.40. The first-order valence-electron chi connectivity index (χ1n) is 8.09. The highest BCUT2D eigenvalue weighted by Crippen LogP contribution is 2.21. The maximum Gasteiger partial charge on any atom is 0.255 e. The standard InChI is InChI=1S/C18H24N4O/c1-12-5-7-19-9-13(12)10-22-8-6-15-14(11-22)16(23)21-17(20-15)18(2,3)4/h5,7,9H,6,8,10-11H2,1-4H3,(H,20,21,23). The molecule has 2 aromatic rings. The van der Waals surface area contributed by atoms with Gasteiger partial charge >= 0.3 is 0 Å². The highest BCUT2D eigenvalue weighted by Gasteiger charge is 2.24. The molecule has 0 spiro atoms. The van der Waals surface area contributed by atoms with Crippen LogP contribution in [0.3, 0.4) is 0 Å². The molecule has 5 nitrogen and oxygen atoms in total. The van der Waals surface area contributed by atoms with Gasteiger partial charge in [-0.2, -0.15) is 0 Å². The largest absolute Gasteiger partial charge is 0.310 e. The molecular formula is C18H24N4O. The van der Waals surface area contributed by atoms with Crippen LogP contribution >= 0.6 is 0 Å². The van der Waals surface area contributed by atoms with Gasteiger partial charge in [0.25, 0.3) is 5.56 Å². The van der Waals surface area contributed by atoms with Crippen molar-refractivity contribution in [3.8, 4) is 0 Å². The lowest BCUT2D eigenvalue weighted by Gasteiger charge is -2.29. The third kappa shape index (κ3) is 3.34. The van der Waals surface area contributed by atoms with Crippen LogP contribution in [0.2, 0.25) is 0 Å². The van der Waals surface area contributed by atoms with Crippen molar-refractivity contribution in [1.29, 1.82) is 0 Å². The third-order valence-corrected chi connectivity index (χ3v) is 4.40. The monoisotopic (exact) mass is 312 g/mol. The molecule has 0 saturated heterocycles. The molecule has 23 heavy (non-hydrogen) atoms. The first-order valence-corrected chi connectivity index (χ1v) is 8.09. The maximum atomic E-state index is 12.5. The molecular weight excluding hydrogens is 288 g/mol. The highest BCUT2D eigenvalue weighted by molar-refractivity contribution is 5.25. The molecule has 0 radical (unpaired) electrons. The molecule has 0 fully saturated rings. The lowest BCUT2D eigenvalue weighted by molar-refractivity contribution is 0.240. The molecule has 1 N–H and O–H groups in total. The van der Waals surface area contributed by atoms with Crippen LogP contribution in [0.15, 0.2) is 23.3 Å². The zero-order valence-corrected chi connectivity index (χ0v) is 14.3. The fraction of sp³-hybridized carbons (Fsp3) is 0.500. The summed E-state index contributed by atoms with van der Waals surface area (Å²) in [7, 11) is 0. The van der Waals surface area contributed by atoms with Crippen molar-refractivity contribution in [3.05, 3.63) is 57.0 Å². The molecule has 0 atom stereocenters. The van der Waals surface area contributed by atoms with Crippen molar-refractivity contribution < 1.29 is 0 Å². The Hall–Kier alpha value is -2.01. The van der Waals surface area contributed by atoms with E-state index in [1.807, 2.05) is 18.5 Å². The Balaban J connectivity index is 1.84. The Labute approximate surface area is 136 Å².